The summed E-state index contributed by atoms with van der Waals surface area (Å²) in [6.45, 7) is -1.29. The first-order valence-corrected chi connectivity index (χ1v) is 8.97. The zero-order chi connectivity index (χ0) is 21.6. The van der Waals surface area contributed by atoms with E-state index < -0.39 is 47.4 Å². The van der Waals surface area contributed by atoms with Gasteiger partial charge >= 0.3 is 5.97 Å². The third-order valence-electron chi connectivity index (χ3n) is 3.37. The van der Waals surface area contributed by atoms with Crippen LogP contribution in [0.1, 0.15) is 10.4 Å². The van der Waals surface area contributed by atoms with Crippen LogP contribution in [-0.4, -0.2) is 35.9 Å². The molecule has 152 valence electrons. The van der Waals surface area contributed by atoms with E-state index >= 15 is 0 Å². The molecule has 0 fully saturated rings. The number of hydrogen-bond donors (Lipinski definition) is 2. The molecule has 0 saturated heterocycles. The quantitative estimate of drug-likeness (QED) is 0.350. The number of esters is 1. The van der Waals surface area contributed by atoms with Gasteiger partial charge in [0.25, 0.3) is 17.5 Å². The lowest BCUT2D eigenvalue weighted by Gasteiger charge is -2.08. The van der Waals surface area contributed by atoms with Crippen LogP contribution in [0.2, 0.25) is 5.02 Å². The van der Waals surface area contributed by atoms with Crippen molar-refractivity contribution in [3.05, 3.63) is 67.4 Å². The number of rotatable bonds is 7. The predicted molar refractivity (Wildman–Crippen MR) is 104 cm³/mol. The number of halogens is 3. The molecule has 0 unspecified atom stereocenters. The minimum atomic E-state index is -0.937. The Balaban J connectivity index is 1.82. The number of nitro groups is 1. The van der Waals surface area contributed by atoms with E-state index in [1.807, 2.05) is 0 Å². The van der Waals surface area contributed by atoms with E-state index in [-0.39, 0.29) is 16.3 Å². The minimum absolute atomic E-state index is 0.0858. The van der Waals surface area contributed by atoms with Crippen LogP contribution in [0.4, 0.5) is 15.8 Å². The lowest BCUT2D eigenvalue weighted by molar-refractivity contribution is -0.384. The number of anilines is 1. The first-order chi connectivity index (χ1) is 13.7. The molecule has 2 rings (SSSR count). The van der Waals surface area contributed by atoms with Crippen molar-refractivity contribution >= 4 is 56.7 Å². The van der Waals surface area contributed by atoms with Crippen LogP contribution in [0.5, 0.6) is 0 Å². The maximum atomic E-state index is 13.6. The number of benzene rings is 2. The Morgan fingerprint density at radius 3 is 2.59 bits per heavy atom. The molecule has 12 heteroatoms. The van der Waals surface area contributed by atoms with Crippen LogP contribution in [-0.2, 0) is 14.3 Å². The van der Waals surface area contributed by atoms with Crippen LogP contribution < -0.4 is 10.6 Å². The number of ether oxygens (including phenoxy) is 1. The first-order valence-electron chi connectivity index (χ1n) is 7.80. The van der Waals surface area contributed by atoms with Crippen molar-refractivity contribution in [2.45, 2.75) is 0 Å². The Morgan fingerprint density at radius 2 is 1.93 bits per heavy atom. The van der Waals surface area contributed by atoms with Crippen LogP contribution >= 0.6 is 27.5 Å². The van der Waals surface area contributed by atoms with E-state index in [0.29, 0.717) is 4.47 Å². The summed E-state index contributed by atoms with van der Waals surface area (Å²) < 4.78 is 18.8. The van der Waals surface area contributed by atoms with Crippen LogP contribution in [0.3, 0.4) is 0 Å². The second kappa shape index (κ2) is 9.94. The van der Waals surface area contributed by atoms with Crippen LogP contribution in [0.25, 0.3) is 0 Å². The summed E-state index contributed by atoms with van der Waals surface area (Å²) >= 11 is 8.73. The third kappa shape index (κ3) is 6.50. The molecule has 2 N–H and O–H groups in total. The molecule has 0 aliphatic rings. The zero-order valence-electron chi connectivity index (χ0n) is 14.4. The van der Waals surface area contributed by atoms with Gasteiger partial charge in [-0.05, 0) is 30.3 Å². The molecule has 0 atom stereocenters. The maximum Gasteiger partial charge on any atom is 0.325 e. The Bertz CT molecular complexity index is 988. The average molecular weight is 489 g/mol. The molecule has 2 amide bonds. The number of amides is 2. The van der Waals surface area contributed by atoms with Crippen molar-refractivity contribution in [1.82, 2.24) is 5.32 Å². The molecule has 0 bridgehead atoms. The van der Waals surface area contributed by atoms with Crippen molar-refractivity contribution in [2.75, 3.05) is 18.5 Å². The van der Waals surface area contributed by atoms with E-state index in [1.54, 1.807) is 0 Å². The number of nitrogens with zero attached hydrogens (tertiary/aromatic N) is 1. The average Bonchev–Trinajstić information content (AvgIpc) is 2.66. The van der Waals surface area contributed by atoms with Crippen molar-refractivity contribution in [3.8, 4) is 0 Å². The fraction of sp³-hybridized carbons (Fsp3) is 0.118. The normalized spacial score (nSPS) is 10.2. The van der Waals surface area contributed by atoms with Gasteiger partial charge in [0, 0.05) is 16.1 Å². The SMILES string of the molecule is O=C(COC(=O)CNC(=O)c1ccc(Cl)c([N+](=O)[O-])c1)Nc1ccc(Br)cc1F. The monoisotopic (exact) mass is 487 g/mol. The summed E-state index contributed by atoms with van der Waals surface area (Å²) in [5.74, 6) is -3.17. The highest BCUT2D eigenvalue weighted by molar-refractivity contribution is 9.10. The molecular formula is C17H12BrClFN3O6. The highest BCUT2D eigenvalue weighted by atomic mass is 79.9. The molecule has 0 aromatic heterocycles. The summed E-state index contributed by atoms with van der Waals surface area (Å²) in [6, 6.07) is 7.38. The third-order valence-corrected chi connectivity index (χ3v) is 4.18. The van der Waals surface area contributed by atoms with Gasteiger partial charge in [0.1, 0.15) is 17.4 Å². The number of nitrogens with one attached hydrogen (secondary N) is 2. The van der Waals surface area contributed by atoms with E-state index in [4.69, 9.17) is 11.6 Å². The maximum absolute atomic E-state index is 13.6. The fourth-order valence-electron chi connectivity index (χ4n) is 2.02. The van der Waals surface area contributed by atoms with Crippen LogP contribution in [0.15, 0.2) is 40.9 Å². The first kappa shape index (κ1) is 22.2. The van der Waals surface area contributed by atoms with E-state index in [1.165, 1.54) is 24.3 Å². The zero-order valence-corrected chi connectivity index (χ0v) is 16.8. The van der Waals surface area contributed by atoms with Crippen LogP contribution in [0, 0.1) is 15.9 Å². The number of carbonyl (C=O) groups excluding carboxylic acids is 3. The van der Waals surface area contributed by atoms with Gasteiger partial charge in [0.15, 0.2) is 6.61 Å². The topological polar surface area (TPSA) is 128 Å². The second-order valence-corrected chi connectivity index (χ2v) is 6.76. The lowest BCUT2D eigenvalue weighted by atomic mass is 10.2. The summed E-state index contributed by atoms with van der Waals surface area (Å²) in [5.41, 5.74) is -0.636. The summed E-state index contributed by atoms with van der Waals surface area (Å²) in [6.07, 6.45) is 0. The molecular weight excluding hydrogens is 477 g/mol. The van der Waals surface area contributed by atoms with Crippen molar-refractivity contribution in [2.24, 2.45) is 0 Å². The molecule has 0 aliphatic heterocycles. The van der Waals surface area contributed by atoms with Gasteiger partial charge < -0.3 is 15.4 Å². The van der Waals surface area contributed by atoms with Crippen molar-refractivity contribution < 1.29 is 28.4 Å². The summed E-state index contributed by atoms with van der Waals surface area (Å²) in [7, 11) is 0. The molecule has 9 nitrogen and oxygen atoms in total. The molecule has 2 aromatic rings. The number of nitro benzene ring substituents is 1. The fourth-order valence-corrected chi connectivity index (χ4v) is 2.54. The molecule has 0 spiro atoms. The lowest BCUT2D eigenvalue weighted by Crippen LogP contribution is -2.32. The Kier molecular flexibility index (Phi) is 7.62. The molecule has 0 saturated carbocycles. The highest BCUT2D eigenvalue weighted by Gasteiger charge is 2.17. The molecule has 0 aliphatic carbocycles. The van der Waals surface area contributed by atoms with Gasteiger partial charge in [-0.25, -0.2) is 4.39 Å². The largest absolute Gasteiger partial charge is 0.454 e. The predicted octanol–water partition coefficient (Wildman–Crippen LogP) is 3.06. The van der Waals surface area contributed by atoms with E-state index in [0.717, 1.165) is 12.1 Å². The Labute approximate surface area is 176 Å². The van der Waals surface area contributed by atoms with Gasteiger partial charge in [0.05, 0.1) is 10.6 Å². The Hall–Kier alpha value is -3.05. The van der Waals surface area contributed by atoms with Gasteiger partial charge in [-0.1, -0.05) is 27.5 Å². The minimum Gasteiger partial charge on any atom is -0.454 e. The molecule has 2 aromatic carbocycles. The smallest absolute Gasteiger partial charge is 0.325 e. The van der Waals surface area contributed by atoms with Gasteiger partial charge in [-0.3, -0.25) is 24.5 Å². The highest BCUT2D eigenvalue weighted by Crippen LogP contribution is 2.25. The Morgan fingerprint density at radius 1 is 1.21 bits per heavy atom. The molecule has 29 heavy (non-hydrogen) atoms. The van der Waals surface area contributed by atoms with Crippen molar-refractivity contribution in [3.63, 3.8) is 0 Å². The standard InChI is InChI=1S/C17H12BrClFN3O6/c18-10-2-4-13(12(20)6-10)22-15(24)8-29-16(25)7-21-17(26)9-1-3-11(19)14(5-9)23(27)28/h1-6H,7-8H2,(H,21,26)(H,22,24). The van der Waals surface area contributed by atoms with Crippen molar-refractivity contribution in [1.29, 1.82) is 0 Å². The number of carbonyl (C=O) groups is 3. The number of hydrogen-bond acceptors (Lipinski definition) is 6. The summed E-state index contributed by atoms with van der Waals surface area (Å²) in [5, 5.41) is 15.1. The molecule has 0 heterocycles. The van der Waals surface area contributed by atoms with E-state index in [9.17, 15) is 28.9 Å². The molecule has 0 radical (unpaired) electrons. The summed E-state index contributed by atoms with van der Waals surface area (Å²) in [4.78, 5) is 45.4. The second-order valence-electron chi connectivity index (χ2n) is 5.44. The van der Waals surface area contributed by atoms with Gasteiger partial charge in [-0.2, -0.15) is 0 Å². The van der Waals surface area contributed by atoms with Gasteiger partial charge in [0.2, 0.25) is 0 Å². The van der Waals surface area contributed by atoms with Gasteiger partial charge in [-0.15, -0.1) is 0 Å². The van der Waals surface area contributed by atoms with E-state index in [2.05, 4.69) is 31.3 Å².